The van der Waals surface area contributed by atoms with Crippen molar-refractivity contribution in [3.8, 4) is 11.1 Å². The standard InChI is InChI=1S/C15H11F5N2O/c16-14-11(2-1-3-12(14)22(20)13(23)8-21)9-4-6-10(7-5-9)15(17,18)19/h1-7H,8,21H2. The van der Waals surface area contributed by atoms with E-state index >= 15 is 0 Å². The fraction of sp³-hybridized carbons (Fsp3) is 0.133. The van der Waals surface area contributed by atoms with E-state index in [-0.39, 0.29) is 11.1 Å². The minimum absolute atomic E-state index is 0.117. The Kier molecular flexibility index (Phi) is 4.65. The van der Waals surface area contributed by atoms with Crippen molar-refractivity contribution in [2.24, 2.45) is 5.73 Å². The molecule has 8 heteroatoms. The SMILES string of the molecule is NCC(=O)N(F)c1cccc(-c2ccc(C(F)(F)F)cc2)c1F. The zero-order valence-corrected chi connectivity index (χ0v) is 11.6. The first kappa shape index (κ1) is 16.9. The smallest absolute Gasteiger partial charge is 0.322 e. The molecule has 0 aromatic heterocycles. The largest absolute Gasteiger partial charge is 0.416 e. The lowest BCUT2D eigenvalue weighted by Gasteiger charge is -2.14. The summed E-state index contributed by atoms with van der Waals surface area (Å²) >= 11 is 0. The average Bonchev–Trinajstić information content (AvgIpc) is 2.53. The van der Waals surface area contributed by atoms with E-state index in [0.29, 0.717) is 0 Å². The highest BCUT2D eigenvalue weighted by atomic mass is 19.4. The Labute approximate surface area is 128 Å². The quantitative estimate of drug-likeness (QED) is 0.689. The summed E-state index contributed by atoms with van der Waals surface area (Å²) in [6.45, 7) is -0.652. The number of hydrogen-bond acceptors (Lipinski definition) is 2. The van der Waals surface area contributed by atoms with Gasteiger partial charge in [0.05, 0.1) is 12.1 Å². The van der Waals surface area contributed by atoms with Crippen molar-refractivity contribution in [2.75, 3.05) is 11.7 Å². The van der Waals surface area contributed by atoms with Crippen LogP contribution in [0.15, 0.2) is 42.5 Å². The van der Waals surface area contributed by atoms with E-state index in [9.17, 15) is 26.8 Å². The molecule has 0 fully saturated rings. The molecule has 0 saturated carbocycles. The molecule has 0 aliphatic rings. The van der Waals surface area contributed by atoms with E-state index in [1.54, 1.807) is 0 Å². The van der Waals surface area contributed by atoms with Crippen LogP contribution >= 0.6 is 0 Å². The molecule has 2 rings (SSSR count). The number of halogens is 5. The van der Waals surface area contributed by atoms with Gasteiger partial charge in [0.15, 0.2) is 5.82 Å². The van der Waals surface area contributed by atoms with Crippen LogP contribution in [0.1, 0.15) is 5.56 Å². The highest BCUT2D eigenvalue weighted by Crippen LogP contribution is 2.33. The van der Waals surface area contributed by atoms with Gasteiger partial charge in [0.25, 0.3) is 5.91 Å². The van der Waals surface area contributed by atoms with Crippen molar-refractivity contribution < 1.29 is 26.8 Å². The number of hydrogen-bond donors (Lipinski definition) is 1. The number of alkyl halides is 3. The summed E-state index contributed by atoms with van der Waals surface area (Å²) in [6.07, 6.45) is -4.51. The Bertz CT molecular complexity index is 713. The third-order valence-electron chi connectivity index (χ3n) is 3.11. The van der Waals surface area contributed by atoms with Gasteiger partial charge in [-0.05, 0) is 23.8 Å². The van der Waals surface area contributed by atoms with E-state index in [1.807, 2.05) is 0 Å². The lowest BCUT2D eigenvalue weighted by molar-refractivity contribution is -0.137. The van der Waals surface area contributed by atoms with Gasteiger partial charge in [-0.2, -0.15) is 13.2 Å². The Morgan fingerprint density at radius 1 is 1.09 bits per heavy atom. The molecule has 0 spiro atoms. The number of anilines is 1. The van der Waals surface area contributed by atoms with Crippen LogP contribution < -0.4 is 10.9 Å². The van der Waals surface area contributed by atoms with Crippen LogP contribution in [0.5, 0.6) is 0 Å². The number of benzene rings is 2. The van der Waals surface area contributed by atoms with Gasteiger partial charge in [0.2, 0.25) is 0 Å². The Hall–Kier alpha value is -2.48. The summed E-state index contributed by atoms with van der Waals surface area (Å²) in [5.41, 5.74) is 3.45. The van der Waals surface area contributed by atoms with Gasteiger partial charge in [-0.1, -0.05) is 28.7 Å². The zero-order valence-electron chi connectivity index (χ0n) is 11.6. The molecule has 0 atom stereocenters. The molecule has 0 bridgehead atoms. The van der Waals surface area contributed by atoms with Crippen LogP contribution in [0.4, 0.5) is 27.7 Å². The number of carbonyl (C=O) groups is 1. The maximum Gasteiger partial charge on any atom is 0.416 e. The number of nitrogens with zero attached hydrogens (tertiary/aromatic N) is 1. The first-order chi connectivity index (χ1) is 10.8. The number of rotatable bonds is 3. The minimum Gasteiger partial charge on any atom is -0.322 e. The predicted octanol–water partition coefficient (Wildman–Crippen LogP) is 3.69. The molecule has 0 aliphatic carbocycles. The molecule has 2 aromatic rings. The van der Waals surface area contributed by atoms with Crippen molar-refractivity contribution in [1.29, 1.82) is 0 Å². The van der Waals surface area contributed by atoms with Crippen LogP contribution in [0, 0.1) is 5.82 Å². The second-order valence-corrected chi connectivity index (χ2v) is 4.59. The molecular weight excluding hydrogens is 319 g/mol. The Morgan fingerprint density at radius 2 is 1.70 bits per heavy atom. The second kappa shape index (κ2) is 6.33. The summed E-state index contributed by atoms with van der Waals surface area (Å²) in [7, 11) is 0. The molecule has 1 amide bonds. The first-order valence-corrected chi connectivity index (χ1v) is 6.40. The number of carbonyl (C=O) groups excluding carboxylic acids is 1. The first-order valence-electron chi connectivity index (χ1n) is 6.40. The highest BCUT2D eigenvalue weighted by Gasteiger charge is 2.30. The van der Waals surface area contributed by atoms with Crippen molar-refractivity contribution >= 4 is 11.6 Å². The van der Waals surface area contributed by atoms with Crippen LogP contribution in [0.2, 0.25) is 0 Å². The van der Waals surface area contributed by atoms with E-state index in [2.05, 4.69) is 0 Å². The fourth-order valence-corrected chi connectivity index (χ4v) is 1.95. The minimum atomic E-state index is -4.51. The van der Waals surface area contributed by atoms with E-state index in [4.69, 9.17) is 5.73 Å². The van der Waals surface area contributed by atoms with Crippen molar-refractivity contribution in [3.63, 3.8) is 0 Å². The monoisotopic (exact) mass is 330 g/mol. The maximum atomic E-state index is 14.3. The third-order valence-corrected chi connectivity index (χ3v) is 3.11. The van der Waals surface area contributed by atoms with Gasteiger partial charge in [0, 0.05) is 5.56 Å². The fourth-order valence-electron chi connectivity index (χ4n) is 1.95. The van der Waals surface area contributed by atoms with Crippen molar-refractivity contribution in [1.82, 2.24) is 0 Å². The van der Waals surface area contributed by atoms with E-state index < -0.39 is 40.8 Å². The maximum absolute atomic E-state index is 14.3. The Morgan fingerprint density at radius 3 is 2.22 bits per heavy atom. The lowest BCUT2D eigenvalue weighted by atomic mass is 10.0. The molecule has 23 heavy (non-hydrogen) atoms. The van der Waals surface area contributed by atoms with E-state index in [1.165, 1.54) is 12.1 Å². The molecule has 2 aromatic carbocycles. The molecule has 0 saturated heterocycles. The molecule has 0 unspecified atom stereocenters. The van der Waals surface area contributed by atoms with Crippen LogP contribution in [-0.2, 0) is 11.0 Å². The zero-order chi connectivity index (χ0) is 17.2. The lowest BCUT2D eigenvalue weighted by Crippen LogP contribution is -2.29. The molecule has 0 radical (unpaired) electrons. The summed E-state index contributed by atoms with van der Waals surface area (Å²) in [5.74, 6) is -2.22. The molecule has 3 nitrogen and oxygen atoms in total. The predicted molar refractivity (Wildman–Crippen MR) is 74.5 cm³/mol. The van der Waals surface area contributed by atoms with Gasteiger partial charge < -0.3 is 5.73 Å². The summed E-state index contributed by atoms with van der Waals surface area (Å²) in [4.78, 5) is 11.2. The number of amides is 1. The number of nitrogens with two attached hydrogens (primary N) is 1. The Balaban J connectivity index is 2.43. The molecule has 2 N–H and O–H groups in total. The van der Waals surface area contributed by atoms with Crippen molar-refractivity contribution in [3.05, 3.63) is 53.8 Å². The van der Waals surface area contributed by atoms with Crippen LogP contribution in [0.3, 0.4) is 0 Å². The molecule has 0 aliphatic heterocycles. The van der Waals surface area contributed by atoms with Gasteiger partial charge >= 0.3 is 6.18 Å². The third kappa shape index (κ3) is 3.48. The van der Waals surface area contributed by atoms with Crippen LogP contribution in [0.25, 0.3) is 11.1 Å². The normalized spacial score (nSPS) is 11.4. The average molecular weight is 330 g/mol. The highest BCUT2D eigenvalue weighted by molar-refractivity contribution is 5.93. The van der Waals surface area contributed by atoms with Crippen molar-refractivity contribution in [2.45, 2.75) is 6.18 Å². The van der Waals surface area contributed by atoms with E-state index in [0.717, 1.165) is 30.3 Å². The molecule has 122 valence electrons. The topological polar surface area (TPSA) is 46.3 Å². The molecular formula is C15H11F5N2O. The summed E-state index contributed by atoms with van der Waals surface area (Å²) in [6, 6.07) is 7.29. The van der Waals surface area contributed by atoms with Crippen LogP contribution in [-0.4, -0.2) is 12.5 Å². The molecule has 0 heterocycles. The second-order valence-electron chi connectivity index (χ2n) is 4.59. The van der Waals surface area contributed by atoms with Gasteiger partial charge in [-0.3, -0.25) is 4.79 Å². The van der Waals surface area contributed by atoms with Gasteiger partial charge in [-0.15, -0.1) is 5.12 Å². The van der Waals surface area contributed by atoms with Gasteiger partial charge in [0.1, 0.15) is 5.69 Å². The van der Waals surface area contributed by atoms with Gasteiger partial charge in [-0.25, -0.2) is 4.39 Å². The summed E-state index contributed by atoms with van der Waals surface area (Å²) in [5, 5.41) is -0.428. The summed E-state index contributed by atoms with van der Waals surface area (Å²) < 4.78 is 65.6.